The molecule has 0 aliphatic carbocycles. The third kappa shape index (κ3) is 32.0. The standard InChI is InChI=1S/2C7H8O3S.4C2H6O2/c2*1-6-2-4-7(5-3-6)11(8,9)10;4*3-1-2-4/h2*2-5H,1H3,(H,8,9,10);4*3-4H,1-2H2. The second-order valence-electron chi connectivity index (χ2n) is 6.37. The normalized spacial score (nSPS) is 9.79. The molecule has 0 fully saturated rings. The molecule has 0 radical (unpaired) electrons. The highest BCUT2D eigenvalue weighted by molar-refractivity contribution is 7.86. The number of aryl methyl sites for hydroxylation is 2. The van der Waals surface area contributed by atoms with Crippen molar-refractivity contribution >= 4 is 20.2 Å². The van der Waals surface area contributed by atoms with E-state index >= 15 is 0 Å². The summed E-state index contributed by atoms with van der Waals surface area (Å²) >= 11 is 0. The number of aliphatic hydroxyl groups is 8. The van der Waals surface area contributed by atoms with Crippen molar-refractivity contribution in [1.82, 2.24) is 0 Å². The van der Waals surface area contributed by atoms with Crippen molar-refractivity contribution in [3.63, 3.8) is 0 Å². The van der Waals surface area contributed by atoms with Gasteiger partial charge in [-0.05, 0) is 38.1 Å². The van der Waals surface area contributed by atoms with Crippen molar-refractivity contribution in [3.05, 3.63) is 59.7 Å². The monoisotopic (exact) mass is 592 g/mol. The third-order valence-electron chi connectivity index (χ3n) is 3.04. The highest BCUT2D eigenvalue weighted by atomic mass is 32.2. The molecule has 224 valence electrons. The van der Waals surface area contributed by atoms with E-state index in [0.717, 1.165) is 11.1 Å². The largest absolute Gasteiger partial charge is 0.394 e. The molecule has 0 saturated carbocycles. The predicted molar refractivity (Wildman–Crippen MR) is 139 cm³/mol. The van der Waals surface area contributed by atoms with E-state index < -0.39 is 20.2 Å². The molecule has 14 nitrogen and oxygen atoms in total. The van der Waals surface area contributed by atoms with Crippen molar-refractivity contribution < 1.29 is 66.8 Å². The topological polar surface area (TPSA) is 271 Å². The van der Waals surface area contributed by atoms with E-state index in [1.165, 1.54) is 24.3 Å². The van der Waals surface area contributed by atoms with Crippen LogP contribution >= 0.6 is 0 Å². The van der Waals surface area contributed by atoms with Crippen LogP contribution in [0.3, 0.4) is 0 Å². The van der Waals surface area contributed by atoms with Gasteiger partial charge >= 0.3 is 0 Å². The maximum absolute atomic E-state index is 10.5. The van der Waals surface area contributed by atoms with E-state index in [0.29, 0.717) is 0 Å². The fourth-order valence-electron chi connectivity index (χ4n) is 1.42. The maximum Gasteiger partial charge on any atom is 0.294 e. The first-order valence-corrected chi connectivity index (χ1v) is 13.5. The summed E-state index contributed by atoms with van der Waals surface area (Å²) in [6.07, 6.45) is 0. The van der Waals surface area contributed by atoms with Crippen molar-refractivity contribution in [3.8, 4) is 0 Å². The lowest BCUT2D eigenvalue weighted by Crippen LogP contribution is -1.96. The van der Waals surface area contributed by atoms with E-state index in [4.69, 9.17) is 50.0 Å². The average molecular weight is 593 g/mol. The van der Waals surface area contributed by atoms with Gasteiger partial charge in [-0.1, -0.05) is 35.4 Å². The van der Waals surface area contributed by atoms with Crippen LogP contribution in [0, 0.1) is 13.8 Å². The first-order chi connectivity index (χ1) is 17.7. The van der Waals surface area contributed by atoms with Crippen molar-refractivity contribution in [2.24, 2.45) is 0 Å². The van der Waals surface area contributed by atoms with Crippen LogP contribution in [0.2, 0.25) is 0 Å². The van der Waals surface area contributed by atoms with Gasteiger partial charge in [0.2, 0.25) is 0 Å². The van der Waals surface area contributed by atoms with Crippen LogP contribution in [0.15, 0.2) is 58.3 Å². The maximum atomic E-state index is 10.5. The molecule has 0 heterocycles. The minimum Gasteiger partial charge on any atom is -0.394 e. The SMILES string of the molecule is Cc1ccc(S(=O)(=O)O)cc1.Cc1ccc(S(=O)(=O)O)cc1.OCCO.OCCO.OCCO.OCCO. The summed E-state index contributed by atoms with van der Waals surface area (Å²) in [5, 5.41) is 61.0. The van der Waals surface area contributed by atoms with E-state index in [9.17, 15) is 16.8 Å². The van der Waals surface area contributed by atoms with E-state index in [-0.39, 0.29) is 62.6 Å². The molecule has 10 N–H and O–H groups in total. The van der Waals surface area contributed by atoms with Crippen molar-refractivity contribution in [1.29, 1.82) is 0 Å². The van der Waals surface area contributed by atoms with Gasteiger partial charge in [0.1, 0.15) is 0 Å². The molecule has 16 heteroatoms. The first kappa shape index (κ1) is 43.0. The van der Waals surface area contributed by atoms with E-state index in [2.05, 4.69) is 0 Å². The summed E-state index contributed by atoms with van der Waals surface area (Å²) in [5.74, 6) is 0. The minimum atomic E-state index is -4.02. The highest BCUT2D eigenvalue weighted by Gasteiger charge is 2.07. The third-order valence-corrected chi connectivity index (χ3v) is 4.77. The Hall–Kier alpha value is -2.06. The summed E-state index contributed by atoms with van der Waals surface area (Å²) < 4.78 is 59.1. The molecule has 0 atom stereocenters. The molecule has 0 saturated heterocycles. The number of rotatable bonds is 6. The molecule has 2 rings (SSSR count). The lowest BCUT2D eigenvalue weighted by molar-refractivity contribution is 0.186. The van der Waals surface area contributed by atoms with Gasteiger partial charge in [0.05, 0.1) is 62.6 Å². The average Bonchev–Trinajstić information content (AvgIpc) is 2.89. The Morgan fingerprint density at radius 1 is 0.421 bits per heavy atom. The highest BCUT2D eigenvalue weighted by Crippen LogP contribution is 2.09. The molecular weight excluding hydrogens is 552 g/mol. The molecule has 38 heavy (non-hydrogen) atoms. The van der Waals surface area contributed by atoms with Crippen LogP contribution in [0.4, 0.5) is 0 Å². The van der Waals surface area contributed by atoms with Gasteiger partial charge in [0.25, 0.3) is 20.2 Å². The zero-order chi connectivity index (χ0) is 30.6. The lowest BCUT2D eigenvalue weighted by Gasteiger charge is -1.95. The Kier molecular flexibility index (Phi) is 31.6. The van der Waals surface area contributed by atoms with Gasteiger partial charge in [-0.15, -0.1) is 0 Å². The smallest absolute Gasteiger partial charge is 0.294 e. The second kappa shape index (κ2) is 28.0. The summed E-state index contributed by atoms with van der Waals surface area (Å²) in [4.78, 5) is -0.133. The molecular formula is C22H40O14S2. The minimum absolute atomic E-state index is 0.0666. The van der Waals surface area contributed by atoms with Gasteiger partial charge < -0.3 is 40.9 Å². The van der Waals surface area contributed by atoms with Gasteiger partial charge in [-0.25, -0.2) is 0 Å². The zero-order valence-electron chi connectivity index (χ0n) is 21.2. The van der Waals surface area contributed by atoms with Gasteiger partial charge in [0, 0.05) is 0 Å². The Balaban J connectivity index is -0.000000199. The number of hydrogen-bond donors (Lipinski definition) is 10. The fourth-order valence-corrected chi connectivity index (χ4v) is 2.38. The molecule has 0 aliphatic rings. The van der Waals surface area contributed by atoms with E-state index in [1.54, 1.807) is 24.3 Å². The second-order valence-corrected chi connectivity index (χ2v) is 9.21. The fraction of sp³-hybridized carbons (Fsp3) is 0.455. The molecule has 0 spiro atoms. The molecule has 2 aromatic carbocycles. The van der Waals surface area contributed by atoms with Crippen LogP contribution in [0.1, 0.15) is 11.1 Å². The van der Waals surface area contributed by atoms with E-state index in [1.807, 2.05) is 13.8 Å². The Bertz CT molecular complexity index is 865. The predicted octanol–water partition coefficient (Wildman–Crippen LogP) is -1.63. The summed E-state index contributed by atoms with van der Waals surface area (Å²) in [5.41, 5.74) is 1.91. The van der Waals surface area contributed by atoms with Crippen molar-refractivity contribution in [2.75, 3.05) is 52.9 Å². The summed E-state index contributed by atoms with van der Waals surface area (Å²) in [7, 11) is -8.04. The van der Waals surface area contributed by atoms with Crippen molar-refractivity contribution in [2.45, 2.75) is 23.6 Å². The summed E-state index contributed by atoms with van der Waals surface area (Å²) in [6.45, 7) is 2.68. The molecule has 0 unspecified atom stereocenters. The Labute approximate surface area is 223 Å². The number of hydrogen-bond acceptors (Lipinski definition) is 12. The number of benzene rings is 2. The lowest BCUT2D eigenvalue weighted by atomic mass is 10.2. The Morgan fingerprint density at radius 3 is 0.684 bits per heavy atom. The van der Waals surface area contributed by atoms with Crippen LogP contribution in [-0.2, 0) is 20.2 Å². The molecule has 0 aliphatic heterocycles. The zero-order valence-corrected chi connectivity index (χ0v) is 22.8. The first-order valence-electron chi connectivity index (χ1n) is 10.6. The molecule has 2 aromatic rings. The quantitative estimate of drug-likeness (QED) is 0.169. The number of aliphatic hydroxyl groups excluding tert-OH is 8. The molecule has 0 amide bonds. The van der Waals surface area contributed by atoms with Crippen LogP contribution in [0.5, 0.6) is 0 Å². The Morgan fingerprint density at radius 2 is 0.579 bits per heavy atom. The summed E-state index contributed by atoms with van der Waals surface area (Å²) in [6, 6.07) is 12.0. The molecule has 0 bridgehead atoms. The van der Waals surface area contributed by atoms with Crippen LogP contribution < -0.4 is 0 Å². The molecule has 0 aromatic heterocycles. The van der Waals surface area contributed by atoms with Crippen LogP contribution in [0.25, 0.3) is 0 Å². The van der Waals surface area contributed by atoms with Gasteiger partial charge in [0.15, 0.2) is 0 Å². The van der Waals surface area contributed by atoms with Crippen LogP contribution in [-0.4, -0.2) is 120 Å². The van der Waals surface area contributed by atoms with Gasteiger partial charge in [-0.3, -0.25) is 9.11 Å². The van der Waals surface area contributed by atoms with Gasteiger partial charge in [-0.2, -0.15) is 16.8 Å².